The van der Waals surface area contributed by atoms with E-state index in [9.17, 15) is 47.1 Å². The zero-order valence-corrected chi connectivity index (χ0v) is 44.8. The van der Waals surface area contributed by atoms with Crippen LogP contribution in [0.2, 0.25) is 0 Å². The fourth-order valence-corrected chi connectivity index (χ4v) is 7.64. The van der Waals surface area contributed by atoms with Crippen LogP contribution in [0, 0.1) is 0 Å². The minimum atomic E-state index is -3.85. The van der Waals surface area contributed by atoms with Crippen molar-refractivity contribution in [3.05, 3.63) is 0 Å². The van der Waals surface area contributed by atoms with Crippen LogP contribution in [0.5, 0.6) is 0 Å². The second-order valence-corrected chi connectivity index (χ2v) is 19.2. The van der Waals surface area contributed by atoms with Gasteiger partial charge in [-0.2, -0.15) is 8.42 Å². The Morgan fingerprint density at radius 1 is 0.458 bits per heavy atom. The Bertz CT molecular complexity index is 1570. The molecule has 0 spiro atoms. The van der Waals surface area contributed by atoms with Gasteiger partial charge in [0.25, 0.3) is 10.1 Å². The fourth-order valence-electron chi connectivity index (χ4n) is 6.79. The van der Waals surface area contributed by atoms with Crippen LogP contribution in [0.25, 0.3) is 0 Å². The second-order valence-electron chi connectivity index (χ2n) is 17.0. The van der Waals surface area contributed by atoms with Gasteiger partial charge in [0.2, 0.25) is 29.5 Å². The molecule has 0 aromatic heterocycles. The Labute approximate surface area is 429 Å². The molecule has 420 valence electrons. The van der Waals surface area contributed by atoms with Crippen LogP contribution < -0.4 is 31.9 Å². The van der Waals surface area contributed by atoms with Gasteiger partial charge in [-0.15, -0.1) is 0 Å². The number of rotatable bonds is 53. The summed E-state index contributed by atoms with van der Waals surface area (Å²) in [5.41, 5.74) is 0.0329. The lowest BCUT2D eigenvalue weighted by atomic mass is 10.0. The summed E-state index contributed by atoms with van der Waals surface area (Å²) in [7, 11) is -1.65. The number of carbonyl (C=O) groups excluding carboxylic acids is 6. The number of likely N-dealkylation sites (N-methyl/N-ethyl adjacent to an activating group) is 1. The van der Waals surface area contributed by atoms with Crippen molar-refractivity contribution < 1.29 is 80.1 Å². The maximum Gasteiger partial charge on any atom is 0.326 e. The molecule has 8 N–H and O–H groups in total. The van der Waals surface area contributed by atoms with E-state index in [-0.39, 0.29) is 165 Å². The lowest BCUT2D eigenvalue weighted by Gasteiger charge is -2.14. The van der Waals surface area contributed by atoms with Gasteiger partial charge in [-0.05, 0) is 45.1 Å². The van der Waals surface area contributed by atoms with Crippen molar-refractivity contribution in [2.45, 2.75) is 141 Å². The minimum absolute atomic E-state index is 0.0329. The van der Waals surface area contributed by atoms with Crippen LogP contribution in [0.1, 0.15) is 129 Å². The smallest absolute Gasteiger partial charge is 0.326 e. The summed E-state index contributed by atoms with van der Waals surface area (Å²) in [6, 6.07) is -1.34. The third-order valence-corrected chi connectivity index (χ3v) is 11.9. The van der Waals surface area contributed by atoms with Crippen molar-refractivity contribution >= 4 is 60.4 Å². The highest BCUT2D eigenvalue weighted by atomic mass is 32.2. The van der Waals surface area contributed by atoms with Crippen molar-refractivity contribution in [3.8, 4) is 0 Å². The average molecular weight is 1070 g/mol. The molecule has 0 fully saturated rings. The van der Waals surface area contributed by atoms with Gasteiger partial charge < -0.3 is 65.4 Å². The molecule has 0 heterocycles. The second kappa shape index (κ2) is 48.5. The Morgan fingerprint density at radius 2 is 0.861 bits per heavy atom. The first-order valence-electron chi connectivity index (χ1n) is 25.7. The molecule has 0 saturated heterocycles. The first kappa shape index (κ1) is 68.6. The molecule has 0 aliphatic heterocycles. The van der Waals surface area contributed by atoms with E-state index in [1.807, 2.05) is 6.92 Å². The van der Waals surface area contributed by atoms with E-state index in [0.29, 0.717) is 25.8 Å². The quantitative estimate of drug-likeness (QED) is 0.0245. The number of carboxylic acids is 1. The molecule has 0 aromatic carbocycles. The molecular formula is C47H89N6O17PS. The molecule has 0 saturated carbocycles. The van der Waals surface area contributed by atoms with Gasteiger partial charge in [-0.25, -0.2) is 4.79 Å². The van der Waals surface area contributed by atoms with Crippen LogP contribution in [-0.4, -0.2) is 189 Å². The fraction of sp³-hybridized carbons (Fsp3) is 0.851. The predicted molar refractivity (Wildman–Crippen MR) is 273 cm³/mol. The molecule has 0 aliphatic rings. The average Bonchev–Trinajstić information content (AvgIpc) is 3.32. The van der Waals surface area contributed by atoms with Gasteiger partial charge in [-0.3, -0.25) is 33.3 Å². The summed E-state index contributed by atoms with van der Waals surface area (Å²) in [6.45, 7) is 5.38. The minimum Gasteiger partial charge on any atom is -0.480 e. The van der Waals surface area contributed by atoms with E-state index in [1.54, 1.807) is 0 Å². The van der Waals surface area contributed by atoms with Crippen molar-refractivity contribution in [2.75, 3.05) is 118 Å². The summed E-state index contributed by atoms with van der Waals surface area (Å²) in [5, 5.41) is 25.9. The van der Waals surface area contributed by atoms with Crippen molar-refractivity contribution in [3.63, 3.8) is 0 Å². The van der Waals surface area contributed by atoms with Gasteiger partial charge >= 0.3 is 5.97 Å². The van der Waals surface area contributed by atoms with Crippen molar-refractivity contribution in [1.82, 2.24) is 31.9 Å². The Kier molecular flexibility index (Phi) is 46.2. The van der Waals surface area contributed by atoms with Crippen LogP contribution in [-0.2, 0) is 72.1 Å². The molecule has 25 heteroatoms. The van der Waals surface area contributed by atoms with Crippen LogP contribution in [0.3, 0.4) is 0 Å². The van der Waals surface area contributed by atoms with Gasteiger partial charge in [0.1, 0.15) is 25.9 Å². The van der Waals surface area contributed by atoms with E-state index >= 15 is 0 Å². The summed E-state index contributed by atoms with van der Waals surface area (Å²) < 4.78 is 62.2. The predicted octanol–water partition coefficient (Wildman–Crippen LogP) is 1.80. The number of carbonyl (C=O) groups is 7. The zero-order valence-electron chi connectivity index (χ0n) is 42.8. The number of nitrogens with one attached hydrogen (secondary N) is 6. The van der Waals surface area contributed by atoms with Gasteiger partial charge in [-0.1, -0.05) is 86.8 Å². The number of ether oxygens (including phenoxy) is 6. The van der Waals surface area contributed by atoms with E-state index < -0.39 is 22.1 Å². The molecule has 0 bridgehead atoms. The van der Waals surface area contributed by atoms with Crippen LogP contribution >= 0.6 is 9.24 Å². The summed E-state index contributed by atoms with van der Waals surface area (Å²) in [6.07, 6.45) is 15.0. The molecule has 0 radical (unpaired) electrons. The van der Waals surface area contributed by atoms with E-state index in [0.717, 1.165) is 90.0 Å². The standard InChI is InChI=1S/C47H89N6O17PS/c1-2-48-40(47(61)71)18-15-16-22-49-43(56)36-68-32-30-66-27-24-51-45(58)38-70-34-31-67-28-25-52-44(57)37-69-33-29-65-26-23-50-41(54)21-20-39(46(59)60)53-42(55)19-14-12-10-8-6-4-3-5-7-9-11-13-17-35-72(62,63)64/h39-40,48H,2-38,71H2,1H3,(H,49,56)(H,50,54)(H,51,58)(H,52,57)(H,53,55)(H,59,60)(H,62,63,64)/t39-,40-/m0/s1. The molecule has 3 atom stereocenters. The van der Waals surface area contributed by atoms with Crippen molar-refractivity contribution in [1.29, 1.82) is 0 Å². The number of amides is 5. The molecule has 0 aromatic rings. The monoisotopic (exact) mass is 1070 g/mol. The summed E-state index contributed by atoms with van der Waals surface area (Å²) >= 11 is 0. The molecular weight excluding hydrogens is 984 g/mol. The zero-order chi connectivity index (χ0) is 53.3. The number of hydrogen-bond donors (Lipinski definition) is 8. The first-order valence-corrected chi connectivity index (χ1v) is 27.9. The lowest BCUT2D eigenvalue weighted by Crippen LogP contribution is -2.41. The molecule has 5 amide bonds. The lowest BCUT2D eigenvalue weighted by molar-refractivity contribution is -0.142. The van der Waals surface area contributed by atoms with Crippen LogP contribution in [0.15, 0.2) is 0 Å². The summed E-state index contributed by atoms with van der Waals surface area (Å²) in [5.74, 6) is -2.97. The SMILES string of the molecule is CCN[C@@H](CCCCNC(=O)COCCOCCNC(=O)COCCOCCNC(=O)COCCOCCNC(=O)CC[C@H](NC(=O)CCCCCCCCCCCCCCCS(=O)(=O)O)C(=O)O)C(=O)P. The normalized spacial score (nSPS) is 12.2. The van der Waals surface area contributed by atoms with Gasteiger partial charge in [0.05, 0.1) is 71.3 Å². The maximum absolute atomic E-state index is 12.3. The van der Waals surface area contributed by atoms with Gasteiger partial charge in [0, 0.05) is 39.0 Å². The van der Waals surface area contributed by atoms with Crippen molar-refractivity contribution in [2.24, 2.45) is 0 Å². The summed E-state index contributed by atoms with van der Waals surface area (Å²) in [4.78, 5) is 83.5. The third-order valence-electron chi connectivity index (χ3n) is 10.7. The molecule has 72 heavy (non-hydrogen) atoms. The number of carboxylic acid groups (broad SMARTS) is 1. The Balaban J connectivity index is 3.62. The maximum atomic E-state index is 12.3. The van der Waals surface area contributed by atoms with E-state index in [4.69, 9.17) is 33.0 Å². The molecule has 0 rings (SSSR count). The molecule has 23 nitrogen and oxygen atoms in total. The van der Waals surface area contributed by atoms with Gasteiger partial charge in [0.15, 0.2) is 5.52 Å². The first-order chi connectivity index (χ1) is 34.6. The highest BCUT2D eigenvalue weighted by Gasteiger charge is 2.21. The van der Waals surface area contributed by atoms with Crippen LogP contribution in [0.4, 0.5) is 0 Å². The highest BCUT2D eigenvalue weighted by molar-refractivity contribution is 7.85. The topological polar surface area (TPSA) is 322 Å². The Morgan fingerprint density at radius 3 is 1.28 bits per heavy atom. The van der Waals surface area contributed by atoms with E-state index in [2.05, 4.69) is 41.1 Å². The molecule has 0 aliphatic carbocycles. The number of aliphatic carboxylic acids is 1. The third kappa shape index (κ3) is 48.8. The number of unbranched alkanes of at least 4 members (excludes halogenated alkanes) is 13. The van der Waals surface area contributed by atoms with E-state index in [1.165, 1.54) is 0 Å². The highest BCUT2D eigenvalue weighted by Crippen LogP contribution is 2.14. The largest absolute Gasteiger partial charge is 0.480 e. The molecule has 1 unspecified atom stereocenters. The number of hydrogen-bond acceptors (Lipinski definition) is 16. The Hall–Kier alpha value is -3.45.